The lowest BCUT2D eigenvalue weighted by Crippen LogP contribution is -2.71. The first-order chi connectivity index (χ1) is 5.49. The fraction of sp³-hybridized carbons (Fsp3) is 1.00. The summed E-state index contributed by atoms with van der Waals surface area (Å²) in [6, 6.07) is 0. The van der Waals surface area contributed by atoms with E-state index in [0.29, 0.717) is 13.1 Å². The molecule has 0 aromatic carbocycles. The monoisotopic (exact) mass is 180 g/mol. The van der Waals surface area contributed by atoms with Crippen LogP contribution in [0.5, 0.6) is 0 Å². The fourth-order valence-electron chi connectivity index (χ4n) is 1.97. The molecule has 0 saturated carbocycles. The summed E-state index contributed by atoms with van der Waals surface area (Å²) in [6.07, 6.45) is -4.03. The van der Waals surface area contributed by atoms with Crippen LogP contribution in [0.3, 0.4) is 0 Å². The van der Waals surface area contributed by atoms with Gasteiger partial charge in [-0.15, -0.1) is 0 Å². The standard InChI is InChI=1S/C7H11F3N2/c8-7(9,10)5-12-3-6(4-12)1-11-2-6/h11H,1-5H2. The first-order valence-electron chi connectivity index (χ1n) is 3.99. The maximum atomic E-state index is 11.8. The van der Waals surface area contributed by atoms with E-state index < -0.39 is 12.7 Å². The molecule has 2 nitrogen and oxygen atoms in total. The number of halogens is 3. The van der Waals surface area contributed by atoms with Crippen LogP contribution >= 0.6 is 0 Å². The second kappa shape index (κ2) is 2.35. The number of likely N-dealkylation sites (tertiary alicyclic amines) is 1. The molecular formula is C7H11F3N2. The summed E-state index contributed by atoms with van der Waals surface area (Å²) >= 11 is 0. The van der Waals surface area contributed by atoms with Gasteiger partial charge >= 0.3 is 6.18 Å². The van der Waals surface area contributed by atoms with Crippen LogP contribution in [0.1, 0.15) is 0 Å². The van der Waals surface area contributed by atoms with Gasteiger partial charge in [-0.25, -0.2) is 0 Å². The molecule has 2 aliphatic heterocycles. The molecule has 0 aromatic rings. The zero-order chi connectivity index (χ0) is 8.82. The molecule has 2 fully saturated rings. The van der Waals surface area contributed by atoms with E-state index in [1.54, 1.807) is 0 Å². The fourth-order valence-corrected chi connectivity index (χ4v) is 1.97. The van der Waals surface area contributed by atoms with Gasteiger partial charge in [0, 0.05) is 31.6 Å². The van der Waals surface area contributed by atoms with Crippen molar-refractivity contribution < 1.29 is 13.2 Å². The SMILES string of the molecule is FC(F)(F)CN1CC2(CNC2)C1. The number of hydrogen-bond donors (Lipinski definition) is 1. The molecule has 2 heterocycles. The van der Waals surface area contributed by atoms with Crippen LogP contribution in [0.15, 0.2) is 0 Å². The first-order valence-corrected chi connectivity index (χ1v) is 3.99. The predicted molar refractivity (Wildman–Crippen MR) is 37.8 cm³/mol. The average molecular weight is 180 g/mol. The van der Waals surface area contributed by atoms with E-state index in [9.17, 15) is 13.2 Å². The summed E-state index contributed by atoms with van der Waals surface area (Å²) < 4.78 is 35.5. The summed E-state index contributed by atoms with van der Waals surface area (Å²) in [5, 5.41) is 3.08. The zero-order valence-electron chi connectivity index (χ0n) is 6.62. The number of hydrogen-bond acceptors (Lipinski definition) is 2. The van der Waals surface area contributed by atoms with Gasteiger partial charge in [-0.1, -0.05) is 0 Å². The maximum Gasteiger partial charge on any atom is 0.401 e. The lowest BCUT2D eigenvalue weighted by molar-refractivity contribution is -0.174. The molecule has 1 N–H and O–H groups in total. The van der Waals surface area contributed by atoms with Crippen LogP contribution in [-0.2, 0) is 0 Å². The Hall–Kier alpha value is -0.290. The van der Waals surface area contributed by atoms with Gasteiger partial charge in [0.15, 0.2) is 0 Å². The Morgan fingerprint density at radius 3 is 2.17 bits per heavy atom. The van der Waals surface area contributed by atoms with Crippen molar-refractivity contribution in [3.63, 3.8) is 0 Å². The third-order valence-corrected chi connectivity index (χ3v) is 2.52. The van der Waals surface area contributed by atoms with E-state index in [1.807, 2.05) is 0 Å². The van der Waals surface area contributed by atoms with Gasteiger partial charge < -0.3 is 5.32 Å². The second-order valence-corrected chi connectivity index (χ2v) is 3.86. The van der Waals surface area contributed by atoms with Crippen LogP contribution in [0.2, 0.25) is 0 Å². The average Bonchev–Trinajstić information content (AvgIpc) is 1.69. The van der Waals surface area contributed by atoms with Gasteiger partial charge in [0.2, 0.25) is 0 Å². The Kier molecular flexibility index (Phi) is 1.63. The molecule has 0 radical (unpaired) electrons. The molecule has 0 atom stereocenters. The molecule has 0 amide bonds. The molecule has 0 aliphatic carbocycles. The summed E-state index contributed by atoms with van der Waals surface area (Å²) in [6.45, 7) is 2.26. The molecule has 12 heavy (non-hydrogen) atoms. The van der Waals surface area contributed by atoms with Gasteiger partial charge in [-0.2, -0.15) is 13.2 Å². The molecule has 5 heteroatoms. The molecule has 2 aliphatic rings. The minimum atomic E-state index is -4.03. The van der Waals surface area contributed by atoms with Crippen molar-refractivity contribution in [3.8, 4) is 0 Å². The van der Waals surface area contributed by atoms with Gasteiger partial charge in [-0.3, -0.25) is 4.90 Å². The molecule has 0 aromatic heterocycles. The summed E-state index contributed by atoms with van der Waals surface area (Å²) in [5.74, 6) is 0. The number of rotatable bonds is 1. The Labute approximate surface area is 68.7 Å². The number of nitrogens with one attached hydrogen (secondary N) is 1. The summed E-state index contributed by atoms with van der Waals surface area (Å²) in [7, 11) is 0. The predicted octanol–water partition coefficient (Wildman–Crippen LogP) is 0.454. The topological polar surface area (TPSA) is 15.3 Å². The molecule has 0 bridgehead atoms. The van der Waals surface area contributed by atoms with Crippen LogP contribution in [0.25, 0.3) is 0 Å². The van der Waals surface area contributed by atoms with Crippen molar-refractivity contribution in [1.82, 2.24) is 10.2 Å². The molecule has 2 rings (SSSR count). The van der Waals surface area contributed by atoms with Crippen molar-refractivity contribution in [2.24, 2.45) is 5.41 Å². The zero-order valence-corrected chi connectivity index (χ0v) is 6.62. The Morgan fingerprint density at radius 2 is 1.83 bits per heavy atom. The molecule has 2 saturated heterocycles. The third kappa shape index (κ3) is 1.43. The minimum Gasteiger partial charge on any atom is -0.315 e. The molecule has 0 unspecified atom stereocenters. The lowest BCUT2D eigenvalue weighted by atomic mass is 9.74. The highest BCUT2D eigenvalue weighted by molar-refractivity contribution is 5.04. The quantitative estimate of drug-likeness (QED) is 0.630. The lowest BCUT2D eigenvalue weighted by Gasteiger charge is -2.56. The van der Waals surface area contributed by atoms with Crippen LogP contribution in [-0.4, -0.2) is 43.8 Å². The van der Waals surface area contributed by atoms with E-state index in [4.69, 9.17) is 0 Å². The van der Waals surface area contributed by atoms with E-state index in [2.05, 4.69) is 5.32 Å². The van der Waals surface area contributed by atoms with Gasteiger partial charge in [0.25, 0.3) is 0 Å². The second-order valence-electron chi connectivity index (χ2n) is 3.86. The number of alkyl halides is 3. The molecule has 70 valence electrons. The minimum absolute atomic E-state index is 0.200. The van der Waals surface area contributed by atoms with Gasteiger partial charge in [0.05, 0.1) is 6.54 Å². The van der Waals surface area contributed by atoms with E-state index in [0.717, 1.165) is 13.1 Å². The highest BCUT2D eigenvalue weighted by Gasteiger charge is 2.49. The van der Waals surface area contributed by atoms with Crippen molar-refractivity contribution >= 4 is 0 Å². The summed E-state index contributed by atoms with van der Waals surface area (Å²) in [4.78, 5) is 1.46. The molecule has 1 spiro atoms. The Morgan fingerprint density at radius 1 is 1.25 bits per heavy atom. The Bertz CT molecular complexity index is 178. The molecular weight excluding hydrogens is 169 g/mol. The van der Waals surface area contributed by atoms with Crippen molar-refractivity contribution in [3.05, 3.63) is 0 Å². The highest BCUT2D eigenvalue weighted by atomic mass is 19.4. The first kappa shape index (κ1) is 8.31. The van der Waals surface area contributed by atoms with Gasteiger partial charge in [0.1, 0.15) is 0 Å². The van der Waals surface area contributed by atoms with Crippen LogP contribution < -0.4 is 5.32 Å². The van der Waals surface area contributed by atoms with Crippen molar-refractivity contribution in [2.75, 3.05) is 32.7 Å². The van der Waals surface area contributed by atoms with E-state index in [1.165, 1.54) is 4.90 Å². The van der Waals surface area contributed by atoms with Crippen molar-refractivity contribution in [2.45, 2.75) is 6.18 Å². The van der Waals surface area contributed by atoms with Crippen LogP contribution in [0, 0.1) is 5.41 Å². The third-order valence-electron chi connectivity index (χ3n) is 2.52. The highest BCUT2D eigenvalue weighted by Crippen LogP contribution is 2.35. The smallest absolute Gasteiger partial charge is 0.315 e. The van der Waals surface area contributed by atoms with Gasteiger partial charge in [-0.05, 0) is 0 Å². The largest absolute Gasteiger partial charge is 0.401 e. The van der Waals surface area contributed by atoms with Crippen molar-refractivity contribution in [1.29, 1.82) is 0 Å². The normalized spacial score (nSPS) is 28.2. The Balaban J connectivity index is 1.74. The van der Waals surface area contributed by atoms with Crippen LogP contribution in [0.4, 0.5) is 13.2 Å². The summed E-state index contributed by atoms with van der Waals surface area (Å²) in [5.41, 5.74) is 0.200. The van der Waals surface area contributed by atoms with E-state index >= 15 is 0 Å². The number of nitrogens with zero attached hydrogens (tertiary/aromatic N) is 1. The maximum absolute atomic E-state index is 11.8. The van der Waals surface area contributed by atoms with E-state index in [-0.39, 0.29) is 5.41 Å².